The molecule has 0 aliphatic carbocycles. The molecule has 2 aromatic heterocycles. The Morgan fingerprint density at radius 3 is 3.06 bits per heavy atom. The van der Waals surface area contributed by atoms with E-state index in [0.717, 1.165) is 15.3 Å². The zero-order valence-electron chi connectivity index (χ0n) is 8.01. The van der Waals surface area contributed by atoms with Crippen LogP contribution in [0.2, 0.25) is 5.02 Å². The number of hydrogen-bond acceptors (Lipinski definition) is 4. The quantitative estimate of drug-likeness (QED) is 0.673. The van der Waals surface area contributed by atoms with Crippen LogP contribution in [0, 0.1) is 0 Å². The molecule has 5 heteroatoms. The van der Waals surface area contributed by atoms with Gasteiger partial charge in [0, 0.05) is 11.1 Å². The van der Waals surface area contributed by atoms with Crippen molar-refractivity contribution in [3.8, 4) is 0 Å². The van der Waals surface area contributed by atoms with Crippen molar-refractivity contribution in [2.75, 3.05) is 0 Å². The second-order valence-corrected chi connectivity index (χ2v) is 5.76. The Balaban J connectivity index is 1.99. The lowest BCUT2D eigenvalue weighted by Crippen LogP contribution is -1.68. The number of nitrogens with zero attached hydrogens (tertiary/aromatic N) is 1. The van der Waals surface area contributed by atoms with Gasteiger partial charge in [-0.1, -0.05) is 17.7 Å². The smallest absolute Gasteiger partial charge is 0.262 e. The molecule has 0 fully saturated rings. The fourth-order valence-electron chi connectivity index (χ4n) is 1.33. The molecule has 0 N–H and O–H groups in total. The highest BCUT2D eigenvalue weighted by atomic mass is 35.5. The molecule has 16 heavy (non-hydrogen) atoms. The molecule has 0 aliphatic rings. The molecular formula is C11H6ClNOS2. The van der Waals surface area contributed by atoms with E-state index in [-0.39, 0.29) is 0 Å². The van der Waals surface area contributed by atoms with Crippen LogP contribution in [-0.4, -0.2) is 4.98 Å². The number of oxazole rings is 1. The Labute approximate surface area is 105 Å². The van der Waals surface area contributed by atoms with Crippen LogP contribution in [-0.2, 0) is 0 Å². The van der Waals surface area contributed by atoms with E-state index in [1.165, 1.54) is 11.8 Å². The molecule has 0 unspecified atom stereocenters. The monoisotopic (exact) mass is 267 g/mol. The minimum absolute atomic E-state index is 0.653. The van der Waals surface area contributed by atoms with Gasteiger partial charge in [-0.05, 0) is 35.3 Å². The molecule has 3 aromatic rings. The molecule has 0 spiro atoms. The van der Waals surface area contributed by atoms with Crippen molar-refractivity contribution in [3.63, 3.8) is 0 Å². The zero-order chi connectivity index (χ0) is 11.0. The molecule has 2 nitrogen and oxygen atoms in total. The summed E-state index contributed by atoms with van der Waals surface area (Å²) in [6, 6.07) is 9.50. The van der Waals surface area contributed by atoms with E-state index in [2.05, 4.69) is 4.98 Å². The van der Waals surface area contributed by atoms with E-state index in [9.17, 15) is 0 Å². The van der Waals surface area contributed by atoms with Gasteiger partial charge in [-0.3, -0.25) is 0 Å². The molecule has 0 bridgehead atoms. The lowest BCUT2D eigenvalue weighted by Gasteiger charge is -1.88. The van der Waals surface area contributed by atoms with Crippen molar-refractivity contribution < 1.29 is 4.42 Å². The minimum atomic E-state index is 0.653. The van der Waals surface area contributed by atoms with Crippen LogP contribution >= 0.6 is 34.7 Å². The largest absolute Gasteiger partial charge is 0.431 e. The first kappa shape index (κ1) is 10.2. The second-order valence-electron chi connectivity index (χ2n) is 3.13. The lowest BCUT2D eigenvalue weighted by atomic mass is 10.3. The first-order valence-electron chi connectivity index (χ1n) is 4.59. The van der Waals surface area contributed by atoms with Crippen LogP contribution in [0.3, 0.4) is 0 Å². The topological polar surface area (TPSA) is 26.0 Å². The SMILES string of the molecule is Clc1ccc2nc(Sc3cccs3)oc2c1. The Hall–Kier alpha value is -0.970. The van der Waals surface area contributed by atoms with E-state index < -0.39 is 0 Å². The van der Waals surface area contributed by atoms with Gasteiger partial charge < -0.3 is 4.42 Å². The summed E-state index contributed by atoms with van der Waals surface area (Å²) in [5.74, 6) is 0. The Kier molecular flexibility index (Phi) is 2.63. The highest BCUT2D eigenvalue weighted by molar-refractivity contribution is 8.00. The van der Waals surface area contributed by atoms with E-state index in [4.69, 9.17) is 16.0 Å². The third-order valence-corrected chi connectivity index (χ3v) is 4.14. The number of aromatic nitrogens is 1. The molecule has 2 heterocycles. The minimum Gasteiger partial charge on any atom is -0.431 e. The third kappa shape index (κ3) is 1.96. The number of rotatable bonds is 2. The van der Waals surface area contributed by atoms with E-state index >= 15 is 0 Å². The zero-order valence-corrected chi connectivity index (χ0v) is 10.4. The Bertz CT molecular complexity index is 618. The molecule has 80 valence electrons. The average Bonchev–Trinajstić information content (AvgIpc) is 2.86. The van der Waals surface area contributed by atoms with E-state index in [1.807, 2.05) is 29.6 Å². The molecular weight excluding hydrogens is 262 g/mol. The summed E-state index contributed by atoms with van der Waals surface area (Å²) >= 11 is 9.07. The van der Waals surface area contributed by atoms with Gasteiger partial charge in [0.15, 0.2) is 5.58 Å². The van der Waals surface area contributed by atoms with Gasteiger partial charge in [-0.2, -0.15) is 0 Å². The maximum atomic E-state index is 5.88. The van der Waals surface area contributed by atoms with Crippen LogP contribution in [0.4, 0.5) is 0 Å². The predicted octanol–water partition coefficient (Wildman–Crippen LogP) is 4.69. The molecule has 0 radical (unpaired) electrons. The molecule has 0 saturated heterocycles. The number of fused-ring (bicyclic) bond motifs is 1. The van der Waals surface area contributed by atoms with Gasteiger partial charge in [0.1, 0.15) is 5.52 Å². The summed E-state index contributed by atoms with van der Waals surface area (Å²) in [6.07, 6.45) is 0. The normalized spacial score (nSPS) is 11.1. The maximum Gasteiger partial charge on any atom is 0.262 e. The van der Waals surface area contributed by atoms with E-state index in [1.54, 1.807) is 17.4 Å². The van der Waals surface area contributed by atoms with E-state index in [0.29, 0.717) is 10.2 Å². The van der Waals surface area contributed by atoms with Crippen molar-refractivity contribution >= 4 is 45.8 Å². The molecule has 0 saturated carbocycles. The lowest BCUT2D eigenvalue weighted by molar-refractivity contribution is 0.490. The highest BCUT2D eigenvalue weighted by Crippen LogP contribution is 2.33. The average molecular weight is 268 g/mol. The fourth-order valence-corrected chi connectivity index (χ4v) is 3.11. The van der Waals surface area contributed by atoms with Gasteiger partial charge in [0.25, 0.3) is 5.22 Å². The first-order chi connectivity index (χ1) is 7.81. The fraction of sp³-hybridized carbons (Fsp3) is 0. The van der Waals surface area contributed by atoms with Crippen LogP contribution in [0.5, 0.6) is 0 Å². The Morgan fingerprint density at radius 2 is 2.25 bits per heavy atom. The standard InChI is InChI=1S/C11H6ClNOS2/c12-7-3-4-8-9(6-7)14-11(13-8)16-10-2-1-5-15-10/h1-6H. The molecule has 1 aromatic carbocycles. The van der Waals surface area contributed by atoms with Crippen LogP contribution in [0.1, 0.15) is 0 Å². The van der Waals surface area contributed by atoms with Crippen molar-refractivity contribution in [2.24, 2.45) is 0 Å². The number of hydrogen-bond donors (Lipinski definition) is 0. The molecule has 0 atom stereocenters. The molecule has 3 rings (SSSR count). The Morgan fingerprint density at radius 1 is 1.31 bits per heavy atom. The highest BCUT2D eigenvalue weighted by Gasteiger charge is 2.08. The van der Waals surface area contributed by atoms with Gasteiger partial charge in [-0.15, -0.1) is 11.3 Å². The van der Waals surface area contributed by atoms with Gasteiger partial charge in [-0.25, -0.2) is 4.98 Å². The van der Waals surface area contributed by atoms with Crippen LogP contribution < -0.4 is 0 Å². The van der Waals surface area contributed by atoms with Crippen molar-refractivity contribution in [3.05, 3.63) is 40.7 Å². The predicted molar refractivity (Wildman–Crippen MR) is 67.5 cm³/mol. The summed E-state index contributed by atoms with van der Waals surface area (Å²) in [6.45, 7) is 0. The molecule has 0 aliphatic heterocycles. The number of benzene rings is 1. The third-order valence-electron chi connectivity index (χ3n) is 2.01. The molecule has 0 amide bonds. The summed E-state index contributed by atoms with van der Waals surface area (Å²) in [4.78, 5) is 4.37. The summed E-state index contributed by atoms with van der Waals surface area (Å²) in [7, 11) is 0. The first-order valence-corrected chi connectivity index (χ1v) is 6.66. The summed E-state index contributed by atoms with van der Waals surface area (Å²) in [5, 5.41) is 3.35. The second kappa shape index (κ2) is 4.13. The van der Waals surface area contributed by atoms with Crippen molar-refractivity contribution in [1.82, 2.24) is 4.98 Å². The maximum absolute atomic E-state index is 5.88. The van der Waals surface area contributed by atoms with Crippen LogP contribution in [0.25, 0.3) is 11.1 Å². The van der Waals surface area contributed by atoms with Crippen molar-refractivity contribution in [1.29, 1.82) is 0 Å². The summed E-state index contributed by atoms with van der Waals surface area (Å²) in [5.41, 5.74) is 1.56. The number of thiophene rings is 1. The van der Waals surface area contributed by atoms with Crippen LogP contribution in [0.15, 0.2) is 49.6 Å². The summed E-state index contributed by atoms with van der Waals surface area (Å²) < 4.78 is 6.76. The van der Waals surface area contributed by atoms with Crippen molar-refractivity contribution in [2.45, 2.75) is 9.43 Å². The van der Waals surface area contributed by atoms with Gasteiger partial charge >= 0.3 is 0 Å². The number of halogens is 1. The van der Waals surface area contributed by atoms with Gasteiger partial charge in [0.05, 0.1) is 4.21 Å². The van der Waals surface area contributed by atoms with Gasteiger partial charge in [0.2, 0.25) is 0 Å².